The molecule has 0 aromatic carbocycles. The fourth-order valence-electron chi connectivity index (χ4n) is 0.794. The van der Waals surface area contributed by atoms with Crippen molar-refractivity contribution < 1.29 is 39.6 Å². The molecule has 22 heavy (non-hydrogen) atoms. The van der Waals surface area contributed by atoms with Crippen molar-refractivity contribution in [3.8, 4) is 0 Å². The summed E-state index contributed by atoms with van der Waals surface area (Å²) in [7, 11) is 0. The fraction of sp³-hybridized carbons (Fsp3) is 0.600. The van der Waals surface area contributed by atoms with Crippen LogP contribution in [-0.2, 0) is 19.2 Å². The van der Waals surface area contributed by atoms with E-state index in [1.807, 2.05) is 0 Å². The number of hydrogen-bond acceptors (Lipinski definition) is 8. The van der Waals surface area contributed by atoms with E-state index >= 15 is 0 Å². The fourth-order valence-corrected chi connectivity index (χ4v) is 0.794. The Balaban J connectivity index is -0.000000135. The molecule has 124 valence electrons. The summed E-state index contributed by atoms with van der Waals surface area (Å²) in [5.74, 6) is -4.95. The molecule has 0 saturated carbocycles. The summed E-state index contributed by atoms with van der Waals surface area (Å²) >= 11 is 0. The van der Waals surface area contributed by atoms with Crippen LogP contribution >= 0.6 is 17.0 Å². The van der Waals surface area contributed by atoms with Crippen molar-refractivity contribution >= 4 is 63.9 Å². The molecule has 0 heterocycles. The first kappa shape index (κ1) is 29.1. The number of carboxylic acid groups (broad SMARTS) is 4. The van der Waals surface area contributed by atoms with Gasteiger partial charge in [0.2, 0.25) is 0 Å². The molecule has 0 amide bonds. The van der Waals surface area contributed by atoms with E-state index in [0.717, 1.165) is 0 Å². The monoisotopic (exact) mass is 396 g/mol. The second-order valence-electron chi connectivity index (χ2n) is 3.71. The summed E-state index contributed by atoms with van der Waals surface area (Å²) in [4.78, 5) is 39.5. The number of carboxylic acids is 4. The molecule has 0 saturated heterocycles. The second-order valence-corrected chi connectivity index (χ2v) is 3.71. The number of aliphatic carboxylic acids is 4. The standard InChI is InChI=1S/2C5H9NO4.BrH.Mg/c2*6-3(5(9)10)1-2-4(7)8;;/h2*3H,1-2,6H2,(H,7,8)(H,9,10);1H;/q;;;+2/p-2. The zero-order chi connectivity index (χ0) is 16.3. The maximum Gasteiger partial charge on any atom is 2.00 e. The number of carbonyl (C=O) groups is 4. The minimum absolute atomic E-state index is 0. The molecule has 10 nitrogen and oxygen atoms in total. The molecule has 0 aliphatic heterocycles. The van der Waals surface area contributed by atoms with E-state index < -0.39 is 36.0 Å². The quantitative estimate of drug-likeness (QED) is 0.292. The van der Waals surface area contributed by atoms with Crippen LogP contribution in [0.3, 0.4) is 0 Å². The van der Waals surface area contributed by atoms with Gasteiger partial charge in [-0.3, -0.25) is 9.59 Å². The third-order valence-corrected chi connectivity index (χ3v) is 1.95. The summed E-state index contributed by atoms with van der Waals surface area (Å²) in [5, 5.41) is 35.8. The molecule has 0 bridgehead atoms. The van der Waals surface area contributed by atoms with E-state index in [1.165, 1.54) is 0 Å². The van der Waals surface area contributed by atoms with Gasteiger partial charge in [0, 0.05) is 11.9 Å². The largest absolute Gasteiger partial charge is 2.00 e. The Hall–Kier alpha value is -0.954. The van der Waals surface area contributed by atoms with Crippen LogP contribution in [0, 0.1) is 0 Å². The summed E-state index contributed by atoms with van der Waals surface area (Å²) in [6.07, 6.45) is -0.795. The van der Waals surface area contributed by atoms with E-state index in [1.54, 1.807) is 0 Å². The Morgan fingerprint density at radius 2 is 1.05 bits per heavy atom. The van der Waals surface area contributed by atoms with Gasteiger partial charge in [-0.1, -0.05) is 0 Å². The summed E-state index contributed by atoms with van der Waals surface area (Å²) in [6.45, 7) is 0. The van der Waals surface area contributed by atoms with Crippen molar-refractivity contribution in [3.05, 3.63) is 0 Å². The van der Waals surface area contributed by atoms with Crippen LogP contribution in [0.15, 0.2) is 0 Å². The average Bonchev–Trinajstić information content (AvgIpc) is 2.33. The molecule has 0 aromatic rings. The van der Waals surface area contributed by atoms with Crippen LogP contribution in [0.5, 0.6) is 0 Å². The van der Waals surface area contributed by atoms with Gasteiger partial charge < -0.3 is 41.5 Å². The first-order valence-corrected chi connectivity index (χ1v) is 5.44. The Morgan fingerprint density at radius 1 is 0.818 bits per heavy atom. The van der Waals surface area contributed by atoms with Crippen LogP contribution in [0.25, 0.3) is 0 Å². The molecule has 2 atom stereocenters. The van der Waals surface area contributed by atoms with Gasteiger partial charge in [-0.05, 0) is 25.7 Å². The normalized spacial score (nSPS) is 11.4. The number of halogens is 1. The van der Waals surface area contributed by atoms with E-state index in [0.29, 0.717) is 0 Å². The van der Waals surface area contributed by atoms with Crippen LogP contribution in [-0.4, -0.2) is 69.2 Å². The third kappa shape index (κ3) is 21.3. The number of hydrogen-bond donors (Lipinski definition) is 4. The number of rotatable bonds is 8. The number of carbonyl (C=O) groups excluding carboxylic acids is 2. The molecular weight excluding hydrogens is 380 g/mol. The van der Waals surface area contributed by atoms with Gasteiger partial charge in [-0.15, -0.1) is 17.0 Å². The van der Waals surface area contributed by atoms with Crippen LogP contribution in [0.2, 0.25) is 0 Å². The van der Waals surface area contributed by atoms with E-state index in [4.69, 9.17) is 21.7 Å². The van der Waals surface area contributed by atoms with Crippen molar-refractivity contribution in [1.29, 1.82) is 0 Å². The van der Waals surface area contributed by atoms with Crippen LogP contribution < -0.4 is 21.7 Å². The molecular formula is C10H17BrMgN2O8. The Labute approximate surface area is 152 Å². The van der Waals surface area contributed by atoms with E-state index in [-0.39, 0.29) is 65.7 Å². The summed E-state index contributed by atoms with van der Waals surface area (Å²) < 4.78 is 0. The summed E-state index contributed by atoms with van der Waals surface area (Å²) in [6, 6.07) is -2.20. The van der Waals surface area contributed by atoms with Gasteiger partial charge in [-0.2, -0.15) is 0 Å². The minimum Gasteiger partial charge on any atom is -0.550 e. The van der Waals surface area contributed by atoms with Crippen molar-refractivity contribution in [2.75, 3.05) is 0 Å². The minimum atomic E-state index is -1.28. The van der Waals surface area contributed by atoms with Gasteiger partial charge in [-0.25, -0.2) is 0 Å². The van der Waals surface area contributed by atoms with Crippen molar-refractivity contribution in [2.24, 2.45) is 11.5 Å². The van der Waals surface area contributed by atoms with Gasteiger partial charge >= 0.3 is 35.0 Å². The Morgan fingerprint density at radius 3 is 1.18 bits per heavy atom. The van der Waals surface area contributed by atoms with E-state index in [9.17, 15) is 29.4 Å². The molecule has 0 spiro atoms. The molecule has 0 aromatic heterocycles. The molecule has 0 rings (SSSR count). The van der Waals surface area contributed by atoms with Gasteiger partial charge in [0.05, 0.1) is 0 Å². The maximum absolute atomic E-state index is 9.97. The maximum atomic E-state index is 9.97. The van der Waals surface area contributed by atoms with Crippen LogP contribution in [0.4, 0.5) is 0 Å². The average molecular weight is 397 g/mol. The predicted octanol–water partition coefficient (Wildman–Crippen LogP) is -3.95. The van der Waals surface area contributed by atoms with Crippen molar-refractivity contribution in [2.45, 2.75) is 37.8 Å². The molecule has 2 unspecified atom stereocenters. The van der Waals surface area contributed by atoms with Crippen molar-refractivity contribution in [3.63, 3.8) is 0 Å². The Bertz CT molecular complexity index is 335. The molecule has 0 aliphatic rings. The van der Waals surface area contributed by atoms with Gasteiger partial charge in [0.25, 0.3) is 0 Å². The Kier molecular flexibility index (Phi) is 21.7. The zero-order valence-electron chi connectivity index (χ0n) is 11.6. The van der Waals surface area contributed by atoms with E-state index in [2.05, 4.69) is 0 Å². The predicted molar refractivity (Wildman–Crippen MR) is 75.8 cm³/mol. The SMILES string of the molecule is Br.NC(CCC(=O)[O-])C(=O)O.NC(CCC(=O)[O-])C(=O)O.[Mg+2]. The van der Waals surface area contributed by atoms with Crippen molar-refractivity contribution in [1.82, 2.24) is 0 Å². The molecule has 0 radical (unpaired) electrons. The molecule has 6 N–H and O–H groups in total. The zero-order valence-corrected chi connectivity index (χ0v) is 14.7. The van der Waals surface area contributed by atoms with Gasteiger partial charge in [0.1, 0.15) is 12.1 Å². The molecule has 12 heteroatoms. The second kappa shape index (κ2) is 16.4. The summed E-state index contributed by atoms with van der Waals surface area (Å²) in [5.41, 5.74) is 9.95. The molecule has 0 aliphatic carbocycles. The topological polar surface area (TPSA) is 207 Å². The van der Waals surface area contributed by atoms with Gasteiger partial charge in [0.15, 0.2) is 0 Å². The molecule has 0 fully saturated rings. The van der Waals surface area contributed by atoms with Crippen LogP contribution in [0.1, 0.15) is 25.7 Å². The first-order valence-electron chi connectivity index (χ1n) is 5.44. The first-order chi connectivity index (χ1) is 9.07. The number of nitrogens with two attached hydrogens (primary N) is 2. The smallest absolute Gasteiger partial charge is 0.550 e. The third-order valence-electron chi connectivity index (χ3n) is 1.95.